The SMILES string of the molecule is CCCc1noc(CCCC(=O)Oc2ccccc2F)n1. The standard InChI is InChI=1S/C15H17FN2O3/c1-2-6-13-17-14(21-18-13)9-5-10-15(19)20-12-8-4-3-7-11(12)16/h3-4,7-8H,2,5-6,9-10H2,1H3. The van der Waals surface area contributed by atoms with E-state index in [0.717, 1.165) is 12.8 Å². The molecular weight excluding hydrogens is 275 g/mol. The van der Waals surface area contributed by atoms with Crippen LogP contribution in [0.4, 0.5) is 4.39 Å². The fourth-order valence-electron chi connectivity index (χ4n) is 1.80. The van der Waals surface area contributed by atoms with Gasteiger partial charge in [0.05, 0.1) is 0 Å². The number of aryl methyl sites for hydroxylation is 2. The monoisotopic (exact) mass is 292 g/mol. The molecule has 0 aliphatic carbocycles. The Balaban J connectivity index is 1.75. The number of carbonyl (C=O) groups excluding carboxylic acids is 1. The predicted octanol–water partition coefficient (Wildman–Crippen LogP) is 3.09. The first-order valence-electron chi connectivity index (χ1n) is 6.95. The Morgan fingerprint density at radius 3 is 2.90 bits per heavy atom. The van der Waals surface area contributed by atoms with Gasteiger partial charge in [-0.25, -0.2) is 4.39 Å². The Kier molecular flexibility index (Phi) is 5.43. The van der Waals surface area contributed by atoms with Crippen molar-refractivity contribution in [2.45, 2.75) is 39.0 Å². The molecule has 0 N–H and O–H groups in total. The van der Waals surface area contributed by atoms with Crippen LogP contribution in [0.1, 0.15) is 37.9 Å². The van der Waals surface area contributed by atoms with E-state index in [1.54, 1.807) is 6.07 Å². The van der Waals surface area contributed by atoms with Crippen LogP contribution in [0.5, 0.6) is 5.75 Å². The number of hydrogen-bond acceptors (Lipinski definition) is 5. The van der Waals surface area contributed by atoms with Gasteiger partial charge in [0.2, 0.25) is 5.89 Å². The second kappa shape index (κ2) is 7.52. The van der Waals surface area contributed by atoms with E-state index >= 15 is 0 Å². The average Bonchev–Trinajstić information content (AvgIpc) is 2.89. The second-order valence-electron chi connectivity index (χ2n) is 4.61. The van der Waals surface area contributed by atoms with Gasteiger partial charge in [0.15, 0.2) is 17.4 Å². The number of benzene rings is 1. The van der Waals surface area contributed by atoms with Crippen LogP contribution in [-0.4, -0.2) is 16.1 Å². The molecule has 112 valence electrons. The van der Waals surface area contributed by atoms with Crippen molar-refractivity contribution < 1.29 is 18.4 Å². The number of aromatic nitrogens is 2. The molecule has 5 nitrogen and oxygen atoms in total. The zero-order valence-corrected chi connectivity index (χ0v) is 11.8. The summed E-state index contributed by atoms with van der Waals surface area (Å²) in [5.74, 6) is 0.115. The summed E-state index contributed by atoms with van der Waals surface area (Å²) < 4.78 is 23.3. The van der Waals surface area contributed by atoms with Crippen LogP contribution in [0.25, 0.3) is 0 Å². The molecule has 21 heavy (non-hydrogen) atoms. The van der Waals surface area contributed by atoms with Gasteiger partial charge in [-0.2, -0.15) is 4.98 Å². The normalized spacial score (nSPS) is 10.6. The lowest BCUT2D eigenvalue weighted by Gasteiger charge is -2.04. The van der Waals surface area contributed by atoms with Crippen molar-refractivity contribution in [3.05, 3.63) is 41.8 Å². The van der Waals surface area contributed by atoms with Crippen LogP contribution in [-0.2, 0) is 17.6 Å². The molecule has 1 aromatic carbocycles. The van der Waals surface area contributed by atoms with Gasteiger partial charge in [0, 0.05) is 19.3 Å². The third-order valence-electron chi connectivity index (χ3n) is 2.82. The summed E-state index contributed by atoms with van der Waals surface area (Å²) in [6, 6.07) is 5.81. The molecule has 1 aromatic heterocycles. The molecule has 0 saturated carbocycles. The van der Waals surface area contributed by atoms with Crippen LogP contribution >= 0.6 is 0 Å². The molecule has 0 aliphatic heterocycles. The molecule has 0 aliphatic rings. The summed E-state index contributed by atoms with van der Waals surface area (Å²) in [4.78, 5) is 15.8. The summed E-state index contributed by atoms with van der Waals surface area (Å²) in [5.41, 5.74) is 0. The first-order chi connectivity index (χ1) is 10.2. The summed E-state index contributed by atoms with van der Waals surface area (Å²) in [5, 5.41) is 3.83. The molecule has 6 heteroatoms. The fourth-order valence-corrected chi connectivity index (χ4v) is 1.80. The molecule has 0 saturated heterocycles. The minimum absolute atomic E-state index is 0.0504. The molecule has 0 amide bonds. The third kappa shape index (κ3) is 4.66. The first kappa shape index (κ1) is 15.2. The average molecular weight is 292 g/mol. The highest BCUT2D eigenvalue weighted by atomic mass is 19.1. The van der Waals surface area contributed by atoms with Crippen LogP contribution in [0, 0.1) is 5.82 Å². The minimum Gasteiger partial charge on any atom is -0.423 e. The van der Waals surface area contributed by atoms with Gasteiger partial charge in [-0.1, -0.05) is 24.2 Å². The molecular formula is C15H17FN2O3. The summed E-state index contributed by atoms with van der Waals surface area (Å²) >= 11 is 0. The lowest BCUT2D eigenvalue weighted by molar-refractivity contribution is -0.134. The Morgan fingerprint density at radius 1 is 1.33 bits per heavy atom. The quantitative estimate of drug-likeness (QED) is 0.579. The molecule has 2 aromatic rings. The van der Waals surface area contributed by atoms with Crippen LogP contribution in [0.3, 0.4) is 0 Å². The van der Waals surface area contributed by atoms with Crippen LogP contribution < -0.4 is 4.74 Å². The van der Waals surface area contributed by atoms with Gasteiger partial charge in [0.25, 0.3) is 0 Å². The van der Waals surface area contributed by atoms with Gasteiger partial charge < -0.3 is 9.26 Å². The van der Waals surface area contributed by atoms with E-state index in [-0.39, 0.29) is 12.2 Å². The first-order valence-corrected chi connectivity index (χ1v) is 6.95. The van der Waals surface area contributed by atoms with Crippen molar-refractivity contribution in [3.63, 3.8) is 0 Å². The predicted molar refractivity (Wildman–Crippen MR) is 73.3 cm³/mol. The summed E-state index contributed by atoms with van der Waals surface area (Å²) in [6.45, 7) is 2.04. The van der Waals surface area contributed by atoms with E-state index in [0.29, 0.717) is 24.6 Å². The number of para-hydroxylation sites is 1. The summed E-state index contributed by atoms with van der Waals surface area (Å²) in [7, 11) is 0. The van der Waals surface area contributed by atoms with Gasteiger partial charge in [-0.3, -0.25) is 4.79 Å². The number of esters is 1. The number of halogens is 1. The van der Waals surface area contributed by atoms with Crippen molar-refractivity contribution in [1.29, 1.82) is 0 Å². The Bertz CT molecular complexity index is 598. The van der Waals surface area contributed by atoms with Crippen molar-refractivity contribution in [2.75, 3.05) is 0 Å². The van der Waals surface area contributed by atoms with Gasteiger partial charge in [-0.05, 0) is 25.0 Å². The highest BCUT2D eigenvalue weighted by Crippen LogP contribution is 2.16. The second-order valence-corrected chi connectivity index (χ2v) is 4.61. The Hall–Kier alpha value is -2.24. The number of rotatable bonds is 7. The zero-order chi connectivity index (χ0) is 15.1. The third-order valence-corrected chi connectivity index (χ3v) is 2.82. The lowest BCUT2D eigenvalue weighted by Crippen LogP contribution is -2.09. The van der Waals surface area contributed by atoms with Crippen molar-refractivity contribution in [3.8, 4) is 5.75 Å². The van der Waals surface area contributed by atoms with E-state index in [4.69, 9.17) is 9.26 Å². The molecule has 0 atom stereocenters. The van der Waals surface area contributed by atoms with Crippen molar-refractivity contribution in [1.82, 2.24) is 10.1 Å². The van der Waals surface area contributed by atoms with Crippen molar-refractivity contribution in [2.24, 2.45) is 0 Å². The maximum atomic E-state index is 13.3. The maximum Gasteiger partial charge on any atom is 0.311 e. The molecule has 0 spiro atoms. The van der Waals surface area contributed by atoms with E-state index in [1.165, 1.54) is 18.2 Å². The molecule has 0 radical (unpaired) electrons. The number of nitrogens with zero attached hydrogens (tertiary/aromatic N) is 2. The van der Waals surface area contributed by atoms with E-state index in [9.17, 15) is 9.18 Å². The molecule has 0 bridgehead atoms. The number of hydrogen-bond donors (Lipinski definition) is 0. The topological polar surface area (TPSA) is 65.2 Å². The molecule has 1 heterocycles. The largest absolute Gasteiger partial charge is 0.423 e. The number of ether oxygens (including phenoxy) is 1. The van der Waals surface area contributed by atoms with Crippen LogP contribution in [0.2, 0.25) is 0 Å². The molecule has 0 fully saturated rings. The van der Waals surface area contributed by atoms with Gasteiger partial charge in [0.1, 0.15) is 0 Å². The fraction of sp³-hybridized carbons (Fsp3) is 0.400. The molecule has 2 rings (SSSR count). The van der Waals surface area contributed by atoms with E-state index < -0.39 is 11.8 Å². The Labute approximate surface area is 122 Å². The van der Waals surface area contributed by atoms with E-state index in [1.807, 2.05) is 6.92 Å². The molecule has 0 unspecified atom stereocenters. The number of carbonyl (C=O) groups is 1. The van der Waals surface area contributed by atoms with Crippen LogP contribution in [0.15, 0.2) is 28.8 Å². The van der Waals surface area contributed by atoms with Gasteiger partial charge >= 0.3 is 5.97 Å². The van der Waals surface area contributed by atoms with Gasteiger partial charge in [-0.15, -0.1) is 0 Å². The Morgan fingerprint density at radius 2 is 2.14 bits per heavy atom. The highest BCUT2D eigenvalue weighted by molar-refractivity contribution is 5.72. The van der Waals surface area contributed by atoms with E-state index in [2.05, 4.69) is 10.1 Å². The zero-order valence-electron chi connectivity index (χ0n) is 11.8. The minimum atomic E-state index is -0.549. The highest BCUT2D eigenvalue weighted by Gasteiger charge is 2.10. The summed E-state index contributed by atoms with van der Waals surface area (Å²) in [6.07, 6.45) is 2.91. The maximum absolute atomic E-state index is 13.3. The smallest absolute Gasteiger partial charge is 0.311 e. The lowest BCUT2D eigenvalue weighted by atomic mass is 10.2. The van der Waals surface area contributed by atoms with Crippen molar-refractivity contribution >= 4 is 5.97 Å².